The Labute approximate surface area is 176 Å². The van der Waals surface area contributed by atoms with Crippen molar-refractivity contribution in [1.82, 2.24) is 15.6 Å². The van der Waals surface area contributed by atoms with Gasteiger partial charge in [0.2, 0.25) is 5.88 Å². The second-order valence-electron chi connectivity index (χ2n) is 7.35. The van der Waals surface area contributed by atoms with Crippen LogP contribution in [0.4, 0.5) is 4.39 Å². The summed E-state index contributed by atoms with van der Waals surface area (Å²) in [4.78, 5) is 8.93. The number of hydrogen-bond acceptors (Lipinski definition) is 5. The molecule has 30 heavy (non-hydrogen) atoms. The van der Waals surface area contributed by atoms with Crippen LogP contribution in [0.1, 0.15) is 25.3 Å². The van der Waals surface area contributed by atoms with Gasteiger partial charge in [0, 0.05) is 49.5 Å². The monoisotopic (exact) mass is 416 g/mol. The summed E-state index contributed by atoms with van der Waals surface area (Å²) in [6, 6.07) is 9.65. The smallest absolute Gasteiger partial charge is 0.224 e. The number of hydrogen-bond donors (Lipinski definition) is 3. The predicted molar refractivity (Wildman–Crippen MR) is 113 cm³/mol. The third-order valence-corrected chi connectivity index (χ3v) is 5.07. The molecule has 3 N–H and O–H groups in total. The van der Waals surface area contributed by atoms with Gasteiger partial charge in [-0.1, -0.05) is 12.1 Å². The van der Waals surface area contributed by atoms with Crippen molar-refractivity contribution in [2.75, 3.05) is 32.9 Å². The van der Waals surface area contributed by atoms with Crippen molar-refractivity contribution in [2.45, 2.75) is 26.3 Å². The van der Waals surface area contributed by atoms with E-state index in [4.69, 9.17) is 9.47 Å². The van der Waals surface area contributed by atoms with E-state index >= 15 is 0 Å². The van der Waals surface area contributed by atoms with Crippen LogP contribution in [0.3, 0.4) is 0 Å². The molecule has 1 aromatic carbocycles. The van der Waals surface area contributed by atoms with Crippen LogP contribution in [0.15, 0.2) is 47.6 Å². The maximum atomic E-state index is 13.4. The molecule has 8 heteroatoms. The highest BCUT2D eigenvalue weighted by Gasteiger charge is 2.34. The standard InChI is InChI=1S/C22H29FN4O3/c1-2-24-21(27-15-22(8-11-28)9-12-29-16-22)26-14-17-5-4-10-25-20(17)30-19-7-3-6-18(23)13-19/h3-7,10,13,28H,2,8-9,11-12,14-16H2,1H3,(H2,24,26,27). The van der Waals surface area contributed by atoms with Gasteiger partial charge in [0.25, 0.3) is 0 Å². The van der Waals surface area contributed by atoms with Gasteiger partial charge in [-0.25, -0.2) is 14.4 Å². The molecule has 1 unspecified atom stereocenters. The van der Waals surface area contributed by atoms with Crippen LogP contribution in [-0.4, -0.2) is 49.0 Å². The number of rotatable bonds is 9. The fourth-order valence-corrected chi connectivity index (χ4v) is 3.37. The van der Waals surface area contributed by atoms with Gasteiger partial charge in [-0.3, -0.25) is 0 Å². The lowest BCUT2D eigenvalue weighted by Gasteiger charge is -2.27. The molecular formula is C22H29FN4O3. The van der Waals surface area contributed by atoms with Crippen LogP contribution in [0.25, 0.3) is 0 Å². The number of aromatic nitrogens is 1. The minimum absolute atomic E-state index is 0.0785. The van der Waals surface area contributed by atoms with E-state index in [0.717, 1.165) is 18.5 Å². The molecule has 0 spiro atoms. The molecule has 1 aliphatic rings. The number of guanidine groups is 1. The van der Waals surface area contributed by atoms with E-state index in [2.05, 4.69) is 20.6 Å². The molecule has 162 valence electrons. The van der Waals surface area contributed by atoms with Crippen molar-refractivity contribution in [2.24, 2.45) is 10.4 Å². The van der Waals surface area contributed by atoms with E-state index < -0.39 is 0 Å². The quantitative estimate of drug-likeness (QED) is 0.430. The van der Waals surface area contributed by atoms with E-state index in [-0.39, 0.29) is 17.8 Å². The van der Waals surface area contributed by atoms with E-state index in [0.29, 0.717) is 50.3 Å². The number of ether oxygens (including phenoxy) is 2. The Morgan fingerprint density at radius 3 is 2.97 bits per heavy atom. The molecule has 1 aliphatic heterocycles. The number of aliphatic hydroxyl groups is 1. The summed E-state index contributed by atoms with van der Waals surface area (Å²) in [6.07, 6.45) is 3.23. The molecule has 0 saturated carbocycles. The third kappa shape index (κ3) is 6.14. The summed E-state index contributed by atoms with van der Waals surface area (Å²) in [5.74, 6) is 1.08. The van der Waals surface area contributed by atoms with Gasteiger partial charge < -0.3 is 25.2 Å². The Balaban J connectivity index is 1.68. The normalized spacial score (nSPS) is 19.0. The second kappa shape index (κ2) is 10.9. The van der Waals surface area contributed by atoms with Crippen LogP contribution in [0, 0.1) is 11.2 Å². The fraction of sp³-hybridized carbons (Fsp3) is 0.455. The van der Waals surface area contributed by atoms with Crippen molar-refractivity contribution >= 4 is 5.96 Å². The molecule has 1 saturated heterocycles. The van der Waals surface area contributed by atoms with Gasteiger partial charge in [0.15, 0.2) is 5.96 Å². The number of aliphatic imine (C=N–C) groups is 1. The summed E-state index contributed by atoms with van der Waals surface area (Å²) in [5, 5.41) is 16.0. The van der Waals surface area contributed by atoms with Gasteiger partial charge in [-0.15, -0.1) is 0 Å². The van der Waals surface area contributed by atoms with Crippen LogP contribution < -0.4 is 15.4 Å². The molecule has 2 aromatic rings. The summed E-state index contributed by atoms with van der Waals surface area (Å²) in [5.41, 5.74) is 0.707. The van der Waals surface area contributed by atoms with Crippen molar-refractivity contribution < 1.29 is 19.0 Å². The molecule has 1 atom stereocenters. The van der Waals surface area contributed by atoms with E-state index in [1.54, 1.807) is 18.3 Å². The summed E-state index contributed by atoms with van der Waals surface area (Å²) in [7, 11) is 0. The number of aliphatic hydroxyl groups excluding tert-OH is 1. The van der Waals surface area contributed by atoms with E-state index in [9.17, 15) is 9.50 Å². The summed E-state index contributed by atoms with van der Waals surface area (Å²) in [6.45, 7) is 5.21. The molecule has 1 aromatic heterocycles. The molecule has 1 fully saturated rings. The number of nitrogens with zero attached hydrogens (tertiary/aromatic N) is 2. The Kier molecular flexibility index (Phi) is 7.98. The molecule has 0 bridgehead atoms. The lowest BCUT2D eigenvalue weighted by Crippen LogP contribution is -2.44. The minimum atomic E-state index is -0.366. The first-order valence-electron chi connectivity index (χ1n) is 10.2. The Morgan fingerprint density at radius 1 is 1.33 bits per heavy atom. The zero-order chi connectivity index (χ0) is 21.2. The van der Waals surface area contributed by atoms with Gasteiger partial charge in [-0.2, -0.15) is 0 Å². The van der Waals surface area contributed by atoms with Gasteiger partial charge in [0.1, 0.15) is 11.6 Å². The van der Waals surface area contributed by atoms with Crippen molar-refractivity contribution in [3.63, 3.8) is 0 Å². The highest BCUT2D eigenvalue weighted by Crippen LogP contribution is 2.31. The number of nitrogens with one attached hydrogen (secondary N) is 2. The lowest BCUT2D eigenvalue weighted by atomic mass is 9.84. The van der Waals surface area contributed by atoms with Crippen molar-refractivity contribution in [1.29, 1.82) is 0 Å². The number of halogens is 1. The lowest BCUT2D eigenvalue weighted by molar-refractivity contribution is 0.127. The highest BCUT2D eigenvalue weighted by molar-refractivity contribution is 5.79. The van der Waals surface area contributed by atoms with Crippen molar-refractivity contribution in [3.8, 4) is 11.6 Å². The number of pyridine rings is 1. The van der Waals surface area contributed by atoms with Crippen LogP contribution in [0.2, 0.25) is 0 Å². The Hall–Kier alpha value is -2.71. The molecule has 0 aliphatic carbocycles. The summed E-state index contributed by atoms with van der Waals surface area (Å²) >= 11 is 0. The predicted octanol–water partition coefficient (Wildman–Crippen LogP) is 2.86. The zero-order valence-corrected chi connectivity index (χ0v) is 17.2. The maximum absolute atomic E-state index is 13.4. The largest absolute Gasteiger partial charge is 0.439 e. The first-order chi connectivity index (χ1) is 14.6. The molecule has 0 radical (unpaired) electrons. The second-order valence-corrected chi connectivity index (χ2v) is 7.35. The molecule has 0 amide bonds. The van der Waals surface area contributed by atoms with Crippen LogP contribution in [0.5, 0.6) is 11.6 Å². The first kappa shape index (κ1) is 22.0. The fourth-order valence-electron chi connectivity index (χ4n) is 3.37. The average molecular weight is 416 g/mol. The Morgan fingerprint density at radius 2 is 2.23 bits per heavy atom. The Bertz CT molecular complexity index is 841. The van der Waals surface area contributed by atoms with Crippen LogP contribution >= 0.6 is 0 Å². The average Bonchev–Trinajstić information content (AvgIpc) is 3.20. The van der Waals surface area contributed by atoms with Gasteiger partial charge >= 0.3 is 0 Å². The SMILES string of the molecule is CCNC(=NCc1cccnc1Oc1cccc(F)c1)NCC1(CCO)CCOC1. The first-order valence-corrected chi connectivity index (χ1v) is 10.2. The third-order valence-electron chi connectivity index (χ3n) is 5.07. The molecule has 7 nitrogen and oxygen atoms in total. The maximum Gasteiger partial charge on any atom is 0.224 e. The van der Waals surface area contributed by atoms with E-state index in [1.165, 1.54) is 12.1 Å². The van der Waals surface area contributed by atoms with Crippen LogP contribution in [-0.2, 0) is 11.3 Å². The van der Waals surface area contributed by atoms with Gasteiger partial charge in [-0.05, 0) is 38.0 Å². The molecule has 3 rings (SSSR count). The minimum Gasteiger partial charge on any atom is -0.439 e. The highest BCUT2D eigenvalue weighted by atomic mass is 19.1. The molecular weight excluding hydrogens is 387 g/mol. The summed E-state index contributed by atoms with van der Waals surface area (Å²) < 4.78 is 24.8. The zero-order valence-electron chi connectivity index (χ0n) is 17.2. The van der Waals surface area contributed by atoms with Crippen molar-refractivity contribution in [3.05, 3.63) is 54.0 Å². The molecule has 2 heterocycles. The topological polar surface area (TPSA) is 88.0 Å². The number of benzene rings is 1. The van der Waals surface area contributed by atoms with E-state index in [1.807, 2.05) is 19.1 Å². The van der Waals surface area contributed by atoms with Gasteiger partial charge in [0.05, 0.1) is 13.2 Å².